The van der Waals surface area contributed by atoms with Crippen LogP contribution in [0, 0.1) is 0 Å². The van der Waals surface area contributed by atoms with E-state index in [0.29, 0.717) is 13.2 Å². The second-order valence-corrected chi connectivity index (χ2v) is 4.05. The lowest BCUT2D eigenvalue weighted by atomic mass is 10.2. The molecule has 4 nitrogen and oxygen atoms in total. The van der Waals surface area contributed by atoms with E-state index in [1.165, 1.54) is 0 Å². The molecule has 0 atom stereocenters. The summed E-state index contributed by atoms with van der Waals surface area (Å²) < 4.78 is 7.19. The summed E-state index contributed by atoms with van der Waals surface area (Å²) in [5.41, 5.74) is 0.780. The van der Waals surface area contributed by atoms with Gasteiger partial charge in [0, 0.05) is 38.2 Å². The van der Waals surface area contributed by atoms with Crippen LogP contribution in [0.5, 0.6) is 0 Å². The third kappa shape index (κ3) is 4.71. The fourth-order valence-corrected chi connectivity index (χ4v) is 1.65. The molecule has 1 aromatic rings. The molecule has 0 amide bonds. The van der Waals surface area contributed by atoms with Crippen LogP contribution in [0.15, 0.2) is 18.5 Å². The van der Waals surface area contributed by atoms with E-state index in [4.69, 9.17) is 4.74 Å². The number of rotatable bonds is 8. The normalized spacial score (nSPS) is 11.1. The molecular formula is C13H22N2O2. The van der Waals surface area contributed by atoms with Gasteiger partial charge in [0.25, 0.3) is 0 Å². The molecule has 0 bridgehead atoms. The zero-order valence-corrected chi connectivity index (χ0v) is 11.0. The standard InChI is InChI=1S/C13H22N2O2/c1-4-15(8-9-17-5-2)11-13(16)12-6-7-14(3)10-12/h6-7,10H,4-5,8-9,11H2,1-3H3. The van der Waals surface area contributed by atoms with Gasteiger partial charge in [0.15, 0.2) is 5.78 Å². The molecule has 0 fully saturated rings. The van der Waals surface area contributed by atoms with Gasteiger partial charge in [-0.2, -0.15) is 0 Å². The van der Waals surface area contributed by atoms with Gasteiger partial charge in [-0.15, -0.1) is 0 Å². The number of ether oxygens (including phenoxy) is 1. The monoisotopic (exact) mass is 238 g/mol. The average molecular weight is 238 g/mol. The van der Waals surface area contributed by atoms with E-state index < -0.39 is 0 Å². The third-order valence-electron chi connectivity index (χ3n) is 2.72. The van der Waals surface area contributed by atoms with E-state index in [1.54, 1.807) is 0 Å². The van der Waals surface area contributed by atoms with Crippen LogP contribution < -0.4 is 0 Å². The highest BCUT2D eigenvalue weighted by Crippen LogP contribution is 2.02. The minimum atomic E-state index is 0.170. The lowest BCUT2D eigenvalue weighted by molar-refractivity contribution is 0.0867. The van der Waals surface area contributed by atoms with Crippen LogP contribution in [0.4, 0.5) is 0 Å². The first-order chi connectivity index (χ1) is 8.17. The Morgan fingerprint density at radius 3 is 2.76 bits per heavy atom. The first kappa shape index (κ1) is 13.9. The van der Waals surface area contributed by atoms with Gasteiger partial charge in [0.05, 0.1) is 13.2 Å². The molecule has 0 spiro atoms. The lowest BCUT2D eigenvalue weighted by Gasteiger charge is -2.18. The zero-order valence-electron chi connectivity index (χ0n) is 11.0. The maximum Gasteiger partial charge on any atom is 0.178 e. The summed E-state index contributed by atoms with van der Waals surface area (Å²) in [6.45, 7) is 7.59. The number of hydrogen-bond donors (Lipinski definition) is 0. The summed E-state index contributed by atoms with van der Waals surface area (Å²) in [4.78, 5) is 14.1. The Hall–Kier alpha value is -1.13. The highest BCUT2D eigenvalue weighted by atomic mass is 16.5. The van der Waals surface area contributed by atoms with Gasteiger partial charge in [-0.3, -0.25) is 9.69 Å². The summed E-state index contributed by atoms with van der Waals surface area (Å²) in [7, 11) is 1.92. The zero-order chi connectivity index (χ0) is 12.7. The van der Waals surface area contributed by atoms with Crippen molar-refractivity contribution in [3.63, 3.8) is 0 Å². The minimum Gasteiger partial charge on any atom is -0.380 e. The molecule has 17 heavy (non-hydrogen) atoms. The fourth-order valence-electron chi connectivity index (χ4n) is 1.65. The Bertz CT molecular complexity index is 347. The number of aryl methyl sites for hydroxylation is 1. The molecule has 0 radical (unpaired) electrons. The molecule has 0 unspecified atom stereocenters. The molecule has 0 saturated carbocycles. The average Bonchev–Trinajstić information content (AvgIpc) is 2.74. The van der Waals surface area contributed by atoms with Crippen LogP contribution in [0.1, 0.15) is 24.2 Å². The first-order valence-electron chi connectivity index (χ1n) is 6.12. The Balaban J connectivity index is 2.42. The van der Waals surface area contributed by atoms with Gasteiger partial charge in [-0.25, -0.2) is 0 Å². The van der Waals surface area contributed by atoms with E-state index >= 15 is 0 Å². The predicted octanol–water partition coefficient (Wildman–Crippen LogP) is 1.57. The van der Waals surface area contributed by atoms with Crippen LogP contribution in [0.3, 0.4) is 0 Å². The second-order valence-electron chi connectivity index (χ2n) is 4.05. The molecule has 0 aromatic carbocycles. The maximum atomic E-state index is 12.0. The summed E-state index contributed by atoms with van der Waals surface area (Å²) in [5.74, 6) is 0.170. The van der Waals surface area contributed by atoms with E-state index in [0.717, 1.165) is 25.3 Å². The number of aromatic nitrogens is 1. The number of likely N-dealkylation sites (N-methyl/N-ethyl adjacent to an activating group) is 1. The largest absolute Gasteiger partial charge is 0.380 e. The quantitative estimate of drug-likeness (QED) is 0.509. The molecular weight excluding hydrogens is 216 g/mol. The van der Waals surface area contributed by atoms with E-state index in [1.807, 2.05) is 37.0 Å². The van der Waals surface area contributed by atoms with Crippen molar-refractivity contribution in [2.75, 3.05) is 32.8 Å². The number of carbonyl (C=O) groups excluding carboxylic acids is 1. The molecule has 96 valence electrons. The Morgan fingerprint density at radius 1 is 1.47 bits per heavy atom. The van der Waals surface area contributed by atoms with Crippen molar-refractivity contribution < 1.29 is 9.53 Å². The molecule has 1 aromatic heterocycles. The minimum absolute atomic E-state index is 0.170. The molecule has 1 rings (SSSR count). The van der Waals surface area contributed by atoms with Gasteiger partial charge in [0.1, 0.15) is 0 Å². The number of ketones is 1. The molecule has 0 aliphatic rings. The topological polar surface area (TPSA) is 34.5 Å². The van der Waals surface area contributed by atoms with Crippen molar-refractivity contribution in [1.82, 2.24) is 9.47 Å². The summed E-state index contributed by atoms with van der Waals surface area (Å²) in [5, 5.41) is 0. The molecule has 0 saturated heterocycles. The van der Waals surface area contributed by atoms with Crippen LogP contribution >= 0.6 is 0 Å². The number of Topliss-reactive ketones (excluding diaryl/α,β-unsaturated/α-hetero) is 1. The Morgan fingerprint density at radius 2 is 2.24 bits per heavy atom. The van der Waals surface area contributed by atoms with Gasteiger partial charge in [-0.05, 0) is 19.5 Å². The number of hydrogen-bond acceptors (Lipinski definition) is 3. The first-order valence-corrected chi connectivity index (χ1v) is 6.12. The highest BCUT2D eigenvalue weighted by molar-refractivity contribution is 5.97. The summed E-state index contributed by atoms with van der Waals surface area (Å²) in [6.07, 6.45) is 3.75. The van der Waals surface area contributed by atoms with Gasteiger partial charge in [0.2, 0.25) is 0 Å². The van der Waals surface area contributed by atoms with E-state index in [2.05, 4.69) is 11.8 Å². The third-order valence-corrected chi connectivity index (χ3v) is 2.72. The van der Waals surface area contributed by atoms with Gasteiger partial charge >= 0.3 is 0 Å². The summed E-state index contributed by atoms with van der Waals surface area (Å²) in [6, 6.07) is 1.86. The second kappa shape index (κ2) is 7.25. The van der Waals surface area contributed by atoms with E-state index in [9.17, 15) is 4.79 Å². The maximum absolute atomic E-state index is 12.0. The smallest absolute Gasteiger partial charge is 0.178 e. The predicted molar refractivity (Wildman–Crippen MR) is 68.4 cm³/mol. The molecule has 0 aliphatic carbocycles. The van der Waals surface area contributed by atoms with Crippen LogP contribution in [-0.4, -0.2) is 48.1 Å². The van der Waals surface area contributed by atoms with Gasteiger partial charge < -0.3 is 9.30 Å². The Labute approximate surface area is 103 Å². The fraction of sp³-hybridized carbons (Fsp3) is 0.615. The van der Waals surface area contributed by atoms with Crippen molar-refractivity contribution in [1.29, 1.82) is 0 Å². The van der Waals surface area contributed by atoms with Gasteiger partial charge in [-0.1, -0.05) is 6.92 Å². The van der Waals surface area contributed by atoms with E-state index in [-0.39, 0.29) is 5.78 Å². The Kier molecular flexibility index (Phi) is 5.94. The summed E-state index contributed by atoms with van der Waals surface area (Å²) >= 11 is 0. The number of nitrogens with zero attached hydrogens (tertiary/aromatic N) is 2. The van der Waals surface area contributed by atoms with Crippen LogP contribution in [-0.2, 0) is 11.8 Å². The molecule has 0 N–H and O–H groups in total. The molecule has 1 heterocycles. The molecule has 0 aliphatic heterocycles. The molecule has 4 heteroatoms. The SMILES string of the molecule is CCOCCN(CC)CC(=O)c1ccn(C)c1. The van der Waals surface area contributed by atoms with Crippen LogP contribution in [0.2, 0.25) is 0 Å². The van der Waals surface area contributed by atoms with Crippen molar-refractivity contribution in [3.8, 4) is 0 Å². The van der Waals surface area contributed by atoms with Crippen LogP contribution in [0.25, 0.3) is 0 Å². The van der Waals surface area contributed by atoms with Crippen molar-refractivity contribution in [2.24, 2.45) is 7.05 Å². The highest BCUT2D eigenvalue weighted by Gasteiger charge is 2.11. The van der Waals surface area contributed by atoms with Crippen molar-refractivity contribution in [2.45, 2.75) is 13.8 Å². The number of carbonyl (C=O) groups is 1. The lowest BCUT2D eigenvalue weighted by Crippen LogP contribution is -2.32. The van der Waals surface area contributed by atoms with Crippen molar-refractivity contribution in [3.05, 3.63) is 24.0 Å². The van der Waals surface area contributed by atoms with Crippen molar-refractivity contribution >= 4 is 5.78 Å².